The molecule has 29 heavy (non-hydrogen) atoms. The zero-order chi connectivity index (χ0) is 20.1. The summed E-state index contributed by atoms with van der Waals surface area (Å²) in [5.74, 6) is 0.268. The van der Waals surface area contributed by atoms with Gasteiger partial charge in [0, 0.05) is 31.7 Å². The van der Waals surface area contributed by atoms with Gasteiger partial charge in [0.2, 0.25) is 0 Å². The molecule has 0 amide bonds. The van der Waals surface area contributed by atoms with Gasteiger partial charge in [-0.2, -0.15) is 0 Å². The first-order valence-electron chi connectivity index (χ1n) is 9.73. The lowest BCUT2D eigenvalue weighted by molar-refractivity contribution is 0.0359. The number of para-hydroxylation sites is 1. The number of fused-ring (bicyclic) bond motifs is 1. The maximum absolute atomic E-state index is 13.1. The molecule has 1 aliphatic heterocycles. The molecule has 0 bridgehead atoms. The zero-order valence-electron chi connectivity index (χ0n) is 16.1. The van der Waals surface area contributed by atoms with E-state index in [0.29, 0.717) is 28.2 Å². The Morgan fingerprint density at radius 3 is 2.52 bits per heavy atom. The fraction of sp³-hybridized carbons (Fsp3) is 0.318. The average Bonchev–Trinajstić information content (AvgIpc) is 2.78. The SMILES string of the molecule is O=C(CSc1nc2ccccc2c(=O)n1CCN1CCOCC1)c1ccccc1. The third-order valence-corrected chi connectivity index (χ3v) is 5.97. The van der Waals surface area contributed by atoms with Crippen LogP contribution in [-0.4, -0.2) is 58.8 Å². The quantitative estimate of drug-likeness (QED) is 0.340. The first kappa shape index (κ1) is 19.8. The van der Waals surface area contributed by atoms with Gasteiger partial charge < -0.3 is 4.74 Å². The van der Waals surface area contributed by atoms with Gasteiger partial charge in [0.05, 0.1) is 29.9 Å². The van der Waals surface area contributed by atoms with E-state index in [1.807, 2.05) is 48.5 Å². The molecule has 2 aromatic carbocycles. The van der Waals surface area contributed by atoms with Crippen LogP contribution in [0.3, 0.4) is 0 Å². The summed E-state index contributed by atoms with van der Waals surface area (Å²) in [5, 5.41) is 1.19. The van der Waals surface area contributed by atoms with Gasteiger partial charge in [-0.3, -0.25) is 19.1 Å². The summed E-state index contributed by atoms with van der Waals surface area (Å²) in [6.07, 6.45) is 0. The number of carbonyl (C=O) groups is 1. The van der Waals surface area contributed by atoms with E-state index in [1.165, 1.54) is 11.8 Å². The number of thioether (sulfide) groups is 1. The molecular weight excluding hydrogens is 386 g/mol. The van der Waals surface area contributed by atoms with Crippen LogP contribution in [0.4, 0.5) is 0 Å². The van der Waals surface area contributed by atoms with Crippen LogP contribution in [0.1, 0.15) is 10.4 Å². The van der Waals surface area contributed by atoms with E-state index in [-0.39, 0.29) is 17.1 Å². The monoisotopic (exact) mass is 409 g/mol. The number of benzene rings is 2. The second-order valence-electron chi connectivity index (χ2n) is 6.90. The standard InChI is InChI=1S/C22H23N3O3S/c26-20(17-6-2-1-3-7-17)16-29-22-23-19-9-5-4-8-18(19)21(27)25(22)11-10-24-12-14-28-15-13-24/h1-9H,10-16H2. The van der Waals surface area contributed by atoms with E-state index >= 15 is 0 Å². The lowest BCUT2D eigenvalue weighted by atomic mass is 10.2. The molecule has 0 aliphatic carbocycles. The van der Waals surface area contributed by atoms with Gasteiger partial charge in [-0.25, -0.2) is 4.98 Å². The number of aromatic nitrogens is 2. The number of carbonyl (C=O) groups excluding carboxylic acids is 1. The van der Waals surface area contributed by atoms with Crippen molar-refractivity contribution < 1.29 is 9.53 Å². The third kappa shape index (κ3) is 4.75. The molecule has 0 saturated carbocycles. The molecule has 0 atom stereocenters. The predicted octanol–water partition coefficient (Wildman–Crippen LogP) is 2.70. The third-order valence-electron chi connectivity index (χ3n) is 5.00. The van der Waals surface area contributed by atoms with Crippen LogP contribution in [0.2, 0.25) is 0 Å². The summed E-state index contributed by atoms with van der Waals surface area (Å²) < 4.78 is 7.11. The lowest BCUT2D eigenvalue weighted by Gasteiger charge is -2.27. The fourth-order valence-corrected chi connectivity index (χ4v) is 4.28. The van der Waals surface area contributed by atoms with E-state index in [1.54, 1.807) is 10.6 Å². The first-order chi connectivity index (χ1) is 14.2. The van der Waals surface area contributed by atoms with Crippen LogP contribution in [-0.2, 0) is 11.3 Å². The topological polar surface area (TPSA) is 64.4 Å². The Labute approximate surface area is 173 Å². The van der Waals surface area contributed by atoms with Crippen molar-refractivity contribution in [2.75, 3.05) is 38.6 Å². The second-order valence-corrected chi connectivity index (χ2v) is 7.84. The lowest BCUT2D eigenvalue weighted by Crippen LogP contribution is -2.39. The highest BCUT2D eigenvalue weighted by atomic mass is 32.2. The van der Waals surface area contributed by atoms with E-state index < -0.39 is 0 Å². The summed E-state index contributed by atoms with van der Waals surface area (Å²) in [5.41, 5.74) is 1.27. The highest BCUT2D eigenvalue weighted by Gasteiger charge is 2.16. The van der Waals surface area contributed by atoms with Gasteiger partial charge in [-0.15, -0.1) is 0 Å². The Balaban J connectivity index is 1.58. The largest absolute Gasteiger partial charge is 0.379 e. The van der Waals surface area contributed by atoms with Crippen LogP contribution in [0.5, 0.6) is 0 Å². The molecule has 7 heteroatoms. The van der Waals surface area contributed by atoms with Gasteiger partial charge in [0.1, 0.15) is 0 Å². The van der Waals surface area contributed by atoms with Gasteiger partial charge in [0.15, 0.2) is 10.9 Å². The Morgan fingerprint density at radius 1 is 1.00 bits per heavy atom. The molecule has 6 nitrogen and oxygen atoms in total. The Bertz CT molecular complexity index is 1050. The van der Waals surface area contributed by atoms with Crippen molar-refractivity contribution in [2.45, 2.75) is 11.7 Å². The fourth-order valence-electron chi connectivity index (χ4n) is 3.36. The molecule has 0 N–H and O–H groups in total. The van der Waals surface area contributed by atoms with E-state index in [9.17, 15) is 9.59 Å². The molecule has 1 saturated heterocycles. The van der Waals surface area contributed by atoms with Crippen LogP contribution < -0.4 is 5.56 Å². The number of ether oxygens (including phenoxy) is 1. The van der Waals surface area contributed by atoms with Crippen molar-refractivity contribution >= 4 is 28.4 Å². The number of nitrogens with zero attached hydrogens (tertiary/aromatic N) is 3. The predicted molar refractivity (Wildman–Crippen MR) is 115 cm³/mol. The summed E-state index contributed by atoms with van der Waals surface area (Å²) in [4.78, 5) is 32.6. The Hall–Kier alpha value is -2.48. The molecule has 1 aliphatic rings. The number of hydrogen-bond donors (Lipinski definition) is 0. The minimum absolute atomic E-state index is 0.0257. The maximum Gasteiger partial charge on any atom is 0.262 e. The number of hydrogen-bond acceptors (Lipinski definition) is 6. The molecule has 4 rings (SSSR count). The van der Waals surface area contributed by atoms with Crippen molar-refractivity contribution in [2.24, 2.45) is 0 Å². The average molecular weight is 410 g/mol. The minimum Gasteiger partial charge on any atom is -0.379 e. The Kier molecular flexibility index (Phi) is 6.39. The first-order valence-corrected chi connectivity index (χ1v) is 10.7. The van der Waals surface area contributed by atoms with Crippen LogP contribution in [0, 0.1) is 0 Å². The summed E-state index contributed by atoms with van der Waals surface area (Å²) in [6, 6.07) is 16.6. The zero-order valence-corrected chi connectivity index (χ0v) is 16.9. The molecule has 0 unspecified atom stereocenters. The number of morpholine rings is 1. The molecular formula is C22H23N3O3S. The number of ketones is 1. The van der Waals surface area contributed by atoms with Crippen molar-refractivity contribution in [3.8, 4) is 0 Å². The van der Waals surface area contributed by atoms with Crippen molar-refractivity contribution in [3.05, 3.63) is 70.5 Å². The van der Waals surface area contributed by atoms with Crippen molar-refractivity contribution in [3.63, 3.8) is 0 Å². The summed E-state index contributed by atoms with van der Waals surface area (Å²) in [7, 11) is 0. The van der Waals surface area contributed by atoms with Crippen LogP contribution in [0.15, 0.2) is 64.5 Å². The van der Waals surface area contributed by atoms with Gasteiger partial charge in [0.25, 0.3) is 5.56 Å². The molecule has 0 radical (unpaired) electrons. The second kappa shape index (κ2) is 9.35. The van der Waals surface area contributed by atoms with Crippen molar-refractivity contribution in [1.29, 1.82) is 0 Å². The van der Waals surface area contributed by atoms with Crippen LogP contribution >= 0.6 is 11.8 Å². The number of Topliss-reactive ketones (excluding diaryl/α,β-unsaturated/α-hetero) is 1. The molecule has 0 spiro atoms. The summed E-state index contributed by atoms with van der Waals surface area (Å²) in [6.45, 7) is 4.47. The highest BCUT2D eigenvalue weighted by Crippen LogP contribution is 2.19. The molecule has 2 heterocycles. The number of rotatable bonds is 7. The van der Waals surface area contributed by atoms with E-state index in [4.69, 9.17) is 9.72 Å². The van der Waals surface area contributed by atoms with Crippen molar-refractivity contribution in [1.82, 2.24) is 14.5 Å². The van der Waals surface area contributed by atoms with Gasteiger partial charge in [-0.1, -0.05) is 54.2 Å². The smallest absolute Gasteiger partial charge is 0.262 e. The van der Waals surface area contributed by atoms with Gasteiger partial charge in [-0.05, 0) is 12.1 Å². The van der Waals surface area contributed by atoms with Crippen LogP contribution in [0.25, 0.3) is 10.9 Å². The summed E-state index contributed by atoms with van der Waals surface area (Å²) >= 11 is 1.32. The highest BCUT2D eigenvalue weighted by molar-refractivity contribution is 7.99. The normalized spacial score (nSPS) is 14.9. The molecule has 1 aromatic heterocycles. The minimum atomic E-state index is -0.0569. The molecule has 3 aromatic rings. The van der Waals surface area contributed by atoms with Gasteiger partial charge >= 0.3 is 0 Å². The molecule has 150 valence electrons. The maximum atomic E-state index is 13.1. The Morgan fingerprint density at radius 2 is 1.72 bits per heavy atom. The van der Waals surface area contributed by atoms with E-state index in [0.717, 1.165) is 32.8 Å². The van der Waals surface area contributed by atoms with E-state index in [2.05, 4.69) is 4.90 Å². The molecule has 1 fully saturated rings.